The molecule has 1 aromatic rings. The maximum atomic E-state index is 12.4. The van der Waals surface area contributed by atoms with E-state index in [0.717, 1.165) is 5.56 Å². The van der Waals surface area contributed by atoms with Crippen LogP contribution in [0, 0.1) is 12.3 Å². The molecule has 2 rings (SSSR count). The summed E-state index contributed by atoms with van der Waals surface area (Å²) in [7, 11) is 0. The summed E-state index contributed by atoms with van der Waals surface area (Å²) < 4.78 is 0. The third-order valence-corrected chi connectivity index (χ3v) is 3.72. The molecule has 0 saturated heterocycles. The highest BCUT2D eigenvalue weighted by molar-refractivity contribution is 6.31. The Hall–Kier alpha value is -1.55. The normalized spacial score (nSPS) is 15.8. The molecule has 0 heterocycles. The number of carbonyl (C=O) groups is 2. The Bertz CT molecular complexity index is 551. The van der Waals surface area contributed by atoms with Crippen LogP contribution >= 0.6 is 11.6 Å². The zero-order valence-corrected chi connectivity index (χ0v) is 12.7. The van der Waals surface area contributed by atoms with Crippen LogP contribution in [0.2, 0.25) is 5.02 Å². The summed E-state index contributed by atoms with van der Waals surface area (Å²) in [5, 5.41) is 6.19. The van der Waals surface area contributed by atoms with Gasteiger partial charge in [-0.05, 0) is 51.3 Å². The Morgan fingerprint density at radius 3 is 2.45 bits per heavy atom. The monoisotopic (exact) mass is 294 g/mol. The molecule has 0 radical (unpaired) electrons. The second-order valence-corrected chi connectivity index (χ2v) is 6.06. The van der Waals surface area contributed by atoms with Crippen LogP contribution in [0.5, 0.6) is 0 Å². The molecule has 0 atom stereocenters. The first-order valence-corrected chi connectivity index (χ1v) is 7.11. The Morgan fingerprint density at radius 1 is 1.25 bits per heavy atom. The van der Waals surface area contributed by atoms with Crippen LogP contribution in [-0.4, -0.2) is 17.9 Å². The molecule has 0 aromatic heterocycles. The number of hydrogen-bond donors (Lipinski definition) is 2. The average molecular weight is 295 g/mol. The number of anilines is 1. The number of carbonyl (C=O) groups excluding carboxylic acids is 2. The van der Waals surface area contributed by atoms with Gasteiger partial charge in [-0.2, -0.15) is 0 Å². The highest BCUT2D eigenvalue weighted by Gasteiger charge is 2.56. The lowest BCUT2D eigenvalue weighted by atomic mass is 10.0. The van der Waals surface area contributed by atoms with E-state index in [-0.39, 0.29) is 17.9 Å². The summed E-state index contributed by atoms with van der Waals surface area (Å²) in [5.41, 5.74) is 0.674. The van der Waals surface area contributed by atoms with Gasteiger partial charge in [0.2, 0.25) is 11.8 Å². The van der Waals surface area contributed by atoms with Gasteiger partial charge in [-0.1, -0.05) is 17.7 Å². The predicted molar refractivity (Wildman–Crippen MR) is 79.8 cm³/mol. The van der Waals surface area contributed by atoms with Crippen molar-refractivity contribution in [2.45, 2.75) is 39.7 Å². The van der Waals surface area contributed by atoms with Crippen LogP contribution in [0.25, 0.3) is 0 Å². The number of rotatable bonds is 4. The molecule has 0 spiro atoms. The third-order valence-electron chi connectivity index (χ3n) is 3.49. The first-order chi connectivity index (χ1) is 9.35. The maximum Gasteiger partial charge on any atom is 0.240 e. The molecule has 1 aliphatic rings. The number of aryl methyl sites for hydroxylation is 1. The minimum absolute atomic E-state index is 0.0284. The Labute approximate surface area is 123 Å². The Morgan fingerprint density at radius 2 is 1.90 bits per heavy atom. The first-order valence-electron chi connectivity index (χ1n) is 6.74. The van der Waals surface area contributed by atoms with Crippen molar-refractivity contribution in [3.8, 4) is 0 Å². The van der Waals surface area contributed by atoms with Crippen molar-refractivity contribution in [3.63, 3.8) is 0 Å². The summed E-state index contributed by atoms with van der Waals surface area (Å²) in [6.07, 6.45) is 1.19. The van der Waals surface area contributed by atoms with Gasteiger partial charge in [-0.25, -0.2) is 0 Å². The first kappa shape index (κ1) is 14.9. The fraction of sp³-hybridized carbons (Fsp3) is 0.467. The van der Waals surface area contributed by atoms with Gasteiger partial charge in [0.15, 0.2) is 0 Å². The van der Waals surface area contributed by atoms with E-state index in [4.69, 9.17) is 11.6 Å². The highest BCUT2D eigenvalue weighted by atomic mass is 35.5. The Balaban J connectivity index is 2.12. The highest BCUT2D eigenvalue weighted by Crippen LogP contribution is 2.47. The van der Waals surface area contributed by atoms with Crippen LogP contribution in [0.3, 0.4) is 0 Å². The number of halogens is 1. The zero-order valence-electron chi connectivity index (χ0n) is 11.9. The van der Waals surface area contributed by atoms with Crippen LogP contribution in [0.15, 0.2) is 18.2 Å². The van der Waals surface area contributed by atoms with Gasteiger partial charge < -0.3 is 10.6 Å². The number of benzene rings is 1. The standard InChI is InChI=1S/C15H19ClN2O2/c1-9(2)17-13(19)15(6-7-15)14(20)18-12-8-11(16)5-4-10(12)3/h4-5,8-9H,6-7H2,1-3H3,(H,17,19)(H,18,20). The third kappa shape index (κ3) is 2.96. The summed E-state index contributed by atoms with van der Waals surface area (Å²) in [6.45, 7) is 5.65. The zero-order chi connectivity index (χ0) is 14.9. The van der Waals surface area contributed by atoms with Gasteiger partial charge in [0, 0.05) is 16.8 Å². The number of hydrogen-bond acceptors (Lipinski definition) is 2. The molecule has 1 saturated carbocycles. The summed E-state index contributed by atoms with van der Waals surface area (Å²) in [5.74, 6) is -0.439. The topological polar surface area (TPSA) is 58.2 Å². The molecule has 2 amide bonds. The quantitative estimate of drug-likeness (QED) is 0.839. The van der Waals surface area contributed by atoms with Crippen LogP contribution in [-0.2, 0) is 9.59 Å². The number of nitrogens with one attached hydrogen (secondary N) is 2. The van der Waals surface area contributed by atoms with Crippen molar-refractivity contribution >= 4 is 29.1 Å². The van der Waals surface area contributed by atoms with Gasteiger partial charge in [0.1, 0.15) is 5.41 Å². The summed E-state index contributed by atoms with van der Waals surface area (Å²) in [6, 6.07) is 5.34. The molecule has 1 aromatic carbocycles. The van der Waals surface area contributed by atoms with E-state index >= 15 is 0 Å². The molecule has 20 heavy (non-hydrogen) atoms. The fourth-order valence-corrected chi connectivity index (χ4v) is 2.23. The van der Waals surface area contributed by atoms with E-state index in [0.29, 0.717) is 23.6 Å². The van der Waals surface area contributed by atoms with Gasteiger partial charge in [0.05, 0.1) is 0 Å². The van der Waals surface area contributed by atoms with Crippen LogP contribution in [0.4, 0.5) is 5.69 Å². The molecule has 5 heteroatoms. The van der Waals surface area contributed by atoms with Gasteiger partial charge in [-0.15, -0.1) is 0 Å². The van der Waals surface area contributed by atoms with Gasteiger partial charge in [0.25, 0.3) is 0 Å². The van der Waals surface area contributed by atoms with E-state index < -0.39 is 5.41 Å². The molecule has 1 aliphatic carbocycles. The number of amides is 2. The van der Waals surface area contributed by atoms with Crippen LogP contribution in [0.1, 0.15) is 32.3 Å². The van der Waals surface area contributed by atoms with Crippen molar-refractivity contribution in [1.82, 2.24) is 5.32 Å². The van der Waals surface area contributed by atoms with Gasteiger partial charge >= 0.3 is 0 Å². The molecule has 0 unspecified atom stereocenters. The van der Waals surface area contributed by atoms with E-state index in [1.165, 1.54) is 0 Å². The predicted octanol–water partition coefficient (Wildman–Crippen LogP) is 2.89. The minimum atomic E-state index is -0.904. The lowest BCUT2D eigenvalue weighted by molar-refractivity contribution is -0.134. The lowest BCUT2D eigenvalue weighted by Gasteiger charge is -2.18. The van der Waals surface area contributed by atoms with Crippen LogP contribution < -0.4 is 10.6 Å². The van der Waals surface area contributed by atoms with Crippen molar-refractivity contribution < 1.29 is 9.59 Å². The summed E-state index contributed by atoms with van der Waals surface area (Å²) in [4.78, 5) is 24.5. The molecule has 1 fully saturated rings. The smallest absolute Gasteiger partial charge is 0.240 e. The Kier molecular flexibility index (Phi) is 4.04. The van der Waals surface area contributed by atoms with E-state index in [1.54, 1.807) is 12.1 Å². The molecule has 0 bridgehead atoms. The van der Waals surface area contributed by atoms with E-state index in [9.17, 15) is 9.59 Å². The van der Waals surface area contributed by atoms with Crippen molar-refractivity contribution in [3.05, 3.63) is 28.8 Å². The second kappa shape index (κ2) is 5.44. The van der Waals surface area contributed by atoms with Gasteiger partial charge in [-0.3, -0.25) is 9.59 Å². The summed E-state index contributed by atoms with van der Waals surface area (Å²) >= 11 is 5.93. The van der Waals surface area contributed by atoms with Crippen molar-refractivity contribution in [2.75, 3.05) is 5.32 Å². The molecule has 108 valence electrons. The largest absolute Gasteiger partial charge is 0.353 e. The van der Waals surface area contributed by atoms with Crippen molar-refractivity contribution in [2.24, 2.45) is 5.41 Å². The average Bonchev–Trinajstić information content (AvgIpc) is 3.14. The molecular weight excluding hydrogens is 276 g/mol. The molecule has 4 nitrogen and oxygen atoms in total. The molecule has 0 aliphatic heterocycles. The molecular formula is C15H19ClN2O2. The SMILES string of the molecule is Cc1ccc(Cl)cc1NC(=O)C1(C(=O)NC(C)C)CC1. The second-order valence-electron chi connectivity index (χ2n) is 5.62. The lowest BCUT2D eigenvalue weighted by Crippen LogP contribution is -2.42. The minimum Gasteiger partial charge on any atom is -0.353 e. The fourth-order valence-electron chi connectivity index (χ4n) is 2.05. The van der Waals surface area contributed by atoms with E-state index in [2.05, 4.69) is 10.6 Å². The van der Waals surface area contributed by atoms with E-state index in [1.807, 2.05) is 26.8 Å². The molecule has 2 N–H and O–H groups in total. The maximum absolute atomic E-state index is 12.4. The van der Waals surface area contributed by atoms with Crippen molar-refractivity contribution in [1.29, 1.82) is 0 Å².